The van der Waals surface area contributed by atoms with Crippen LogP contribution in [-0.4, -0.2) is 11.2 Å². The highest BCUT2D eigenvalue weighted by atomic mass is 35.5. The van der Waals surface area contributed by atoms with Crippen LogP contribution in [0.5, 0.6) is 0 Å². The van der Waals surface area contributed by atoms with Crippen LogP contribution >= 0.6 is 11.6 Å². The summed E-state index contributed by atoms with van der Waals surface area (Å²) < 4.78 is 0. The van der Waals surface area contributed by atoms with Gasteiger partial charge in [-0.1, -0.05) is 23.7 Å². The summed E-state index contributed by atoms with van der Waals surface area (Å²) in [6.45, 7) is 3.80. The number of aryl methyl sites for hydroxylation is 2. The van der Waals surface area contributed by atoms with E-state index < -0.39 is 0 Å². The summed E-state index contributed by atoms with van der Waals surface area (Å²) in [4.78, 5) is 0. The molecule has 0 heterocycles. The number of halogens is 1. The molecule has 2 heteroatoms. The highest BCUT2D eigenvalue weighted by Crippen LogP contribution is 2.17. The second-order valence-corrected chi connectivity index (χ2v) is 3.88. The largest absolute Gasteiger partial charge is 0.393 e. The van der Waals surface area contributed by atoms with E-state index in [4.69, 9.17) is 16.7 Å². The number of benzene rings is 1. The van der Waals surface area contributed by atoms with E-state index in [1.54, 1.807) is 0 Å². The molecule has 0 aromatic heterocycles. The first-order chi connectivity index (χ1) is 6.09. The molecule has 0 amide bonds. The SMILES string of the molecule is Cc1cc(CCC(C)O)ccc1Cl. The molecule has 0 bridgehead atoms. The van der Waals surface area contributed by atoms with Crippen molar-refractivity contribution in [1.29, 1.82) is 0 Å². The molecule has 1 rings (SSSR count). The van der Waals surface area contributed by atoms with Crippen molar-refractivity contribution in [3.63, 3.8) is 0 Å². The van der Waals surface area contributed by atoms with Gasteiger partial charge in [-0.15, -0.1) is 0 Å². The van der Waals surface area contributed by atoms with Crippen LogP contribution in [0.1, 0.15) is 24.5 Å². The zero-order chi connectivity index (χ0) is 9.84. The molecule has 1 unspecified atom stereocenters. The van der Waals surface area contributed by atoms with Gasteiger partial charge < -0.3 is 5.11 Å². The smallest absolute Gasteiger partial charge is 0.0515 e. The third-order valence-corrected chi connectivity index (χ3v) is 2.50. The van der Waals surface area contributed by atoms with Crippen molar-refractivity contribution >= 4 is 11.6 Å². The molecule has 0 aliphatic rings. The van der Waals surface area contributed by atoms with Crippen molar-refractivity contribution in [2.75, 3.05) is 0 Å². The van der Waals surface area contributed by atoms with Gasteiger partial charge in [-0.05, 0) is 43.9 Å². The molecule has 1 nitrogen and oxygen atoms in total. The average molecular weight is 199 g/mol. The summed E-state index contributed by atoms with van der Waals surface area (Å²) in [6, 6.07) is 6.00. The maximum absolute atomic E-state index is 9.11. The molecule has 1 atom stereocenters. The number of hydrogen-bond donors (Lipinski definition) is 1. The highest BCUT2D eigenvalue weighted by Gasteiger charge is 2.00. The van der Waals surface area contributed by atoms with Crippen LogP contribution in [0.4, 0.5) is 0 Å². The van der Waals surface area contributed by atoms with Crippen molar-refractivity contribution < 1.29 is 5.11 Å². The zero-order valence-electron chi connectivity index (χ0n) is 8.05. The molecule has 0 spiro atoms. The normalized spacial score (nSPS) is 12.9. The molecule has 0 saturated heterocycles. The Bertz CT molecular complexity index is 281. The van der Waals surface area contributed by atoms with E-state index in [1.165, 1.54) is 5.56 Å². The minimum atomic E-state index is -0.226. The van der Waals surface area contributed by atoms with E-state index in [-0.39, 0.29) is 6.10 Å². The lowest BCUT2D eigenvalue weighted by Crippen LogP contribution is -2.01. The van der Waals surface area contributed by atoms with Gasteiger partial charge in [-0.3, -0.25) is 0 Å². The summed E-state index contributed by atoms with van der Waals surface area (Å²) in [5.74, 6) is 0. The molecule has 13 heavy (non-hydrogen) atoms. The molecule has 0 radical (unpaired) electrons. The summed E-state index contributed by atoms with van der Waals surface area (Å²) >= 11 is 5.89. The van der Waals surface area contributed by atoms with Crippen LogP contribution in [0, 0.1) is 6.92 Å². The number of aliphatic hydroxyl groups is 1. The van der Waals surface area contributed by atoms with E-state index >= 15 is 0 Å². The van der Waals surface area contributed by atoms with E-state index in [0.717, 1.165) is 23.4 Å². The third kappa shape index (κ3) is 3.37. The average Bonchev–Trinajstić information content (AvgIpc) is 2.07. The van der Waals surface area contributed by atoms with Gasteiger partial charge in [-0.25, -0.2) is 0 Å². The van der Waals surface area contributed by atoms with Crippen LogP contribution in [-0.2, 0) is 6.42 Å². The molecule has 72 valence electrons. The standard InChI is InChI=1S/C11H15ClO/c1-8-7-10(4-3-9(2)13)5-6-11(8)12/h5-7,9,13H,3-4H2,1-2H3. The lowest BCUT2D eigenvalue weighted by atomic mass is 10.1. The van der Waals surface area contributed by atoms with Crippen LogP contribution in [0.2, 0.25) is 5.02 Å². The highest BCUT2D eigenvalue weighted by molar-refractivity contribution is 6.31. The Labute approximate surface area is 84.4 Å². The Morgan fingerprint density at radius 3 is 2.69 bits per heavy atom. The molecule has 1 aromatic carbocycles. The quantitative estimate of drug-likeness (QED) is 0.792. The Morgan fingerprint density at radius 2 is 2.15 bits per heavy atom. The van der Waals surface area contributed by atoms with Crippen LogP contribution in [0.3, 0.4) is 0 Å². The summed E-state index contributed by atoms with van der Waals surface area (Å²) in [7, 11) is 0. The summed E-state index contributed by atoms with van der Waals surface area (Å²) in [6.07, 6.45) is 1.49. The minimum Gasteiger partial charge on any atom is -0.393 e. The Balaban J connectivity index is 2.63. The zero-order valence-corrected chi connectivity index (χ0v) is 8.80. The van der Waals surface area contributed by atoms with E-state index in [0.29, 0.717) is 0 Å². The second kappa shape index (κ2) is 4.64. The molecule has 0 saturated carbocycles. The maximum Gasteiger partial charge on any atom is 0.0515 e. The van der Waals surface area contributed by atoms with Crippen molar-refractivity contribution in [2.45, 2.75) is 32.8 Å². The van der Waals surface area contributed by atoms with Gasteiger partial charge in [0.15, 0.2) is 0 Å². The number of rotatable bonds is 3. The first-order valence-corrected chi connectivity index (χ1v) is 4.90. The predicted octanol–water partition coefficient (Wildman–Crippen LogP) is 2.96. The van der Waals surface area contributed by atoms with Crippen molar-refractivity contribution in [3.05, 3.63) is 34.3 Å². The number of aliphatic hydroxyl groups excluding tert-OH is 1. The first-order valence-electron chi connectivity index (χ1n) is 4.52. The molecule has 1 N–H and O–H groups in total. The van der Waals surface area contributed by atoms with Crippen molar-refractivity contribution in [2.24, 2.45) is 0 Å². The molecule has 1 aromatic rings. The molecule has 0 fully saturated rings. The fourth-order valence-corrected chi connectivity index (χ4v) is 1.36. The summed E-state index contributed by atoms with van der Waals surface area (Å²) in [5.41, 5.74) is 2.34. The van der Waals surface area contributed by atoms with Crippen molar-refractivity contribution in [1.82, 2.24) is 0 Å². The van der Waals surface area contributed by atoms with Gasteiger partial charge in [0.05, 0.1) is 6.10 Å². The number of hydrogen-bond acceptors (Lipinski definition) is 1. The molecular weight excluding hydrogens is 184 g/mol. The van der Waals surface area contributed by atoms with E-state index in [1.807, 2.05) is 26.0 Å². The van der Waals surface area contributed by atoms with E-state index in [9.17, 15) is 0 Å². The van der Waals surface area contributed by atoms with Gasteiger partial charge in [0.25, 0.3) is 0 Å². The second-order valence-electron chi connectivity index (χ2n) is 3.47. The van der Waals surface area contributed by atoms with Gasteiger partial charge >= 0.3 is 0 Å². The Morgan fingerprint density at radius 1 is 1.46 bits per heavy atom. The Kier molecular flexibility index (Phi) is 3.76. The van der Waals surface area contributed by atoms with Gasteiger partial charge in [0.1, 0.15) is 0 Å². The summed E-state index contributed by atoms with van der Waals surface area (Å²) in [5, 5.41) is 9.92. The monoisotopic (exact) mass is 198 g/mol. The minimum absolute atomic E-state index is 0.226. The third-order valence-electron chi connectivity index (χ3n) is 2.07. The van der Waals surface area contributed by atoms with Crippen LogP contribution in [0.15, 0.2) is 18.2 Å². The maximum atomic E-state index is 9.11. The molecule has 0 aliphatic heterocycles. The predicted molar refractivity (Wildman–Crippen MR) is 56.2 cm³/mol. The molecule has 0 aliphatic carbocycles. The van der Waals surface area contributed by atoms with Crippen LogP contribution in [0.25, 0.3) is 0 Å². The topological polar surface area (TPSA) is 20.2 Å². The molecular formula is C11H15ClO. The van der Waals surface area contributed by atoms with Gasteiger partial charge in [0, 0.05) is 5.02 Å². The fraction of sp³-hybridized carbons (Fsp3) is 0.455. The van der Waals surface area contributed by atoms with Crippen molar-refractivity contribution in [3.8, 4) is 0 Å². The Hall–Kier alpha value is -0.530. The lowest BCUT2D eigenvalue weighted by Gasteiger charge is -2.05. The van der Waals surface area contributed by atoms with Gasteiger partial charge in [-0.2, -0.15) is 0 Å². The van der Waals surface area contributed by atoms with Gasteiger partial charge in [0.2, 0.25) is 0 Å². The van der Waals surface area contributed by atoms with E-state index in [2.05, 4.69) is 6.07 Å². The van der Waals surface area contributed by atoms with Crippen LogP contribution < -0.4 is 0 Å². The fourth-order valence-electron chi connectivity index (χ4n) is 1.24. The first kappa shape index (κ1) is 10.6. The lowest BCUT2D eigenvalue weighted by molar-refractivity contribution is 0.185.